The summed E-state index contributed by atoms with van der Waals surface area (Å²) in [7, 11) is -3.27. The van der Waals surface area contributed by atoms with E-state index in [1.807, 2.05) is 24.3 Å². The number of benzene rings is 1. The van der Waals surface area contributed by atoms with Crippen molar-refractivity contribution in [1.82, 2.24) is 4.31 Å². The summed E-state index contributed by atoms with van der Waals surface area (Å²) in [6.45, 7) is 6.73. The minimum Gasteiger partial charge on any atom is -0.212 e. The topological polar surface area (TPSA) is 37.4 Å². The molecule has 0 saturated heterocycles. The Labute approximate surface area is 96.4 Å². The molecule has 4 heteroatoms. The van der Waals surface area contributed by atoms with E-state index in [0.29, 0.717) is 13.0 Å². The van der Waals surface area contributed by atoms with Crippen LogP contribution in [0.2, 0.25) is 0 Å². The molecule has 0 N–H and O–H groups in total. The molecule has 1 aliphatic rings. The van der Waals surface area contributed by atoms with Crippen molar-refractivity contribution in [2.24, 2.45) is 0 Å². The molecule has 3 nitrogen and oxygen atoms in total. The van der Waals surface area contributed by atoms with E-state index in [2.05, 4.69) is 13.1 Å². The Morgan fingerprint density at radius 3 is 2.75 bits per heavy atom. The van der Waals surface area contributed by atoms with Gasteiger partial charge in [0, 0.05) is 6.54 Å². The average Bonchev–Trinajstić information content (AvgIpc) is 2.28. The lowest BCUT2D eigenvalue weighted by molar-refractivity contribution is 0.445. The molecule has 2 radical (unpaired) electrons. The third kappa shape index (κ3) is 2.18. The molecule has 0 atom stereocenters. The molecule has 1 aromatic carbocycles. The SMILES string of the molecule is C=CCS(=O)(=O)N1[C]Cc2ccccc2C1. The van der Waals surface area contributed by atoms with E-state index in [1.165, 1.54) is 10.4 Å². The summed E-state index contributed by atoms with van der Waals surface area (Å²) < 4.78 is 24.9. The first-order valence-electron chi connectivity index (χ1n) is 5.05. The fourth-order valence-electron chi connectivity index (χ4n) is 1.70. The Morgan fingerprint density at radius 1 is 1.38 bits per heavy atom. The monoisotopic (exact) mass is 235 g/mol. The van der Waals surface area contributed by atoms with Crippen molar-refractivity contribution in [3.63, 3.8) is 0 Å². The lowest BCUT2D eigenvalue weighted by atomic mass is 10.0. The maximum Gasteiger partial charge on any atom is 0.218 e. The first-order chi connectivity index (χ1) is 7.63. The molecule has 0 saturated carbocycles. The molecular weight excluding hydrogens is 222 g/mol. The van der Waals surface area contributed by atoms with Gasteiger partial charge in [-0.15, -0.1) is 6.58 Å². The minimum atomic E-state index is -3.27. The van der Waals surface area contributed by atoms with E-state index in [0.717, 1.165) is 11.1 Å². The van der Waals surface area contributed by atoms with E-state index in [1.54, 1.807) is 0 Å². The summed E-state index contributed by atoms with van der Waals surface area (Å²) >= 11 is 0. The molecule has 0 fully saturated rings. The minimum absolute atomic E-state index is 0.0395. The molecule has 2 rings (SSSR count). The molecule has 1 heterocycles. The van der Waals surface area contributed by atoms with Crippen molar-refractivity contribution in [1.29, 1.82) is 0 Å². The predicted molar refractivity (Wildman–Crippen MR) is 62.9 cm³/mol. The van der Waals surface area contributed by atoms with Gasteiger partial charge in [-0.2, -0.15) is 4.31 Å². The number of rotatable bonds is 3. The average molecular weight is 235 g/mol. The molecule has 0 aliphatic carbocycles. The zero-order chi connectivity index (χ0) is 11.6. The van der Waals surface area contributed by atoms with Gasteiger partial charge in [0.25, 0.3) is 0 Å². The highest BCUT2D eigenvalue weighted by Gasteiger charge is 2.25. The van der Waals surface area contributed by atoms with Crippen LogP contribution in [0.1, 0.15) is 11.1 Å². The van der Waals surface area contributed by atoms with Gasteiger partial charge in [-0.1, -0.05) is 30.3 Å². The molecule has 16 heavy (non-hydrogen) atoms. The molecule has 0 bridgehead atoms. The summed E-state index contributed by atoms with van der Waals surface area (Å²) in [6, 6.07) is 7.82. The smallest absolute Gasteiger partial charge is 0.212 e. The number of hydrogen-bond acceptors (Lipinski definition) is 2. The van der Waals surface area contributed by atoms with Crippen LogP contribution in [0.25, 0.3) is 0 Å². The molecular formula is C12H13NO2S. The van der Waals surface area contributed by atoms with Crippen molar-refractivity contribution in [3.05, 3.63) is 54.6 Å². The molecule has 0 spiro atoms. The fourth-order valence-corrected chi connectivity index (χ4v) is 2.78. The Kier molecular flexibility index (Phi) is 3.12. The van der Waals surface area contributed by atoms with E-state index >= 15 is 0 Å². The van der Waals surface area contributed by atoms with Crippen LogP contribution in [0.4, 0.5) is 0 Å². The molecule has 1 aromatic rings. The Morgan fingerprint density at radius 2 is 2.06 bits per heavy atom. The second-order valence-electron chi connectivity index (χ2n) is 3.68. The molecule has 1 aliphatic heterocycles. The third-order valence-corrected chi connectivity index (χ3v) is 4.13. The molecule has 0 amide bonds. The lowest BCUT2D eigenvalue weighted by Crippen LogP contribution is -2.33. The van der Waals surface area contributed by atoms with Crippen LogP contribution in [0.5, 0.6) is 0 Å². The maximum atomic E-state index is 11.8. The summed E-state index contributed by atoms with van der Waals surface area (Å²) in [6.07, 6.45) is 1.95. The predicted octanol–water partition coefficient (Wildman–Crippen LogP) is 1.60. The van der Waals surface area contributed by atoms with Gasteiger partial charge in [0.2, 0.25) is 10.0 Å². The Bertz CT molecular complexity index is 493. The number of nitrogens with zero attached hydrogens (tertiary/aromatic N) is 1. The second-order valence-corrected chi connectivity index (χ2v) is 5.62. The van der Waals surface area contributed by atoms with E-state index in [4.69, 9.17) is 0 Å². The van der Waals surface area contributed by atoms with Crippen LogP contribution in [0.3, 0.4) is 0 Å². The van der Waals surface area contributed by atoms with Gasteiger partial charge in [-0.25, -0.2) is 8.42 Å². The standard InChI is InChI=1S/C12H13NO2S/c1-2-9-16(14,15)13-8-7-11-5-3-4-6-12(11)10-13/h2-6H,1,7,9-10H2. The highest BCUT2D eigenvalue weighted by molar-refractivity contribution is 7.89. The largest absolute Gasteiger partial charge is 0.218 e. The van der Waals surface area contributed by atoms with Gasteiger partial charge in [-0.3, -0.25) is 0 Å². The van der Waals surface area contributed by atoms with Crippen molar-refractivity contribution in [2.75, 3.05) is 5.75 Å². The fraction of sp³-hybridized carbons (Fsp3) is 0.250. The first-order valence-corrected chi connectivity index (χ1v) is 6.66. The van der Waals surface area contributed by atoms with Crippen molar-refractivity contribution >= 4 is 10.0 Å². The second kappa shape index (κ2) is 4.39. The van der Waals surface area contributed by atoms with Crippen LogP contribution >= 0.6 is 0 Å². The highest BCUT2D eigenvalue weighted by atomic mass is 32.2. The highest BCUT2D eigenvalue weighted by Crippen LogP contribution is 2.23. The number of hydrogen-bond donors (Lipinski definition) is 0. The number of fused-ring (bicyclic) bond motifs is 1. The summed E-state index contributed by atoms with van der Waals surface area (Å²) in [5, 5.41) is 0. The summed E-state index contributed by atoms with van der Waals surface area (Å²) in [4.78, 5) is 0. The van der Waals surface area contributed by atoms with Crippen LogP contribution in [0.15, 0.2) is 36.9 Å². The van der Waals surface area contributed by atoms with Crippen LogP contribution < -0.4 is 0 Å². The van der Waals surface area contributed by atoms with Crippen molar-refractivity contribution < 1.29 is 8.42 Å². The lowest BCUT2D eigenvalue weighted by Gasteiger charge is -2.26. The van der Waals surface area contributed by atoms with E-state index in [-0.39, 0.29) is 5.75 Å². The van der Waals surface area contributed by atoms with Gasteiger partial charge < -0.3 is 0 Å². The van der Waals surface area contributed by atoms with Crippen LogP contribution in [-0.2, 0) is 23.0 Å². The zero-order valence-corrected chi connectivity index (χ0v) is 9.70. The van der Waals surface area contributed by atoms with Gasteiger partial charge in [0.1, 0.15) is 0 Å². The Hall–Kier alpha value is -1.13. The molecule has 0 unspecified atom stereocenters. The van der Waals surface area contributed by atoms with Crippen LogP contribution in [0, 0.1) is 6.54 Å². The van der Waals surface area contributed by atoms with Crippen molar-refractivity contribution in [2.45, 2.75) is 13.0 Å². The molecule has 0 aromatic heterocycles. The molecule has 84 valence electrons. The normalized spacial score (nSPS) is 16.8. The van der Waals surface area contributed by atoms with E-state index < -0.39 is 10.0 Å². The van der Waals surface area contributed by atoms with Gasteiger partial charge in [-0.05, 0) is 17.5 Å². The Balaban J connectivity index is 2.23. The first kappa shape index (κ1) is 11.4. The summed E-state index contributed by atoms with van der Waals surface area (Å²) in [5.41, 5.74) is 2.20. The van der Waals surface area contributed by atoms with Crippen LogP contribution in [-0.4, -0.2) is 18.5 Å². The van der Waals surface area contributed by atoms with Crippen molar-refractivity contribution in [3.8, 4) is 0 Å². The number of sulfonamides is 1. The zero-order valence-electron chi connectivity index (χ0n) is 8.89. The van der Waals surface area contributed by atoms with Gasteiger partial charge in [0.15, 0.2) is 0 Å². The summed E-state index contributed by atoms with van der Waals surface area (Å²) in [5.74, 6) is -0.0395. The van der Waals surface area contributed by atoms with Gasteiger partial charge in [0.05, 0.1) is 12.3 Å². The quantitative estimate of drug-likeness (QED) is 0.746. The van der Waals surface area contributed by atoms with E-state index in [9.17, 15) is 8.42 Å². The third-order valence-electron chi connectivity index (χ3n) is 2.54. The van der Waals surface area contributed by atoms with Gasteiger partial charge >= 0.3 is 0 Å². The maximum absolute atomic E-state index is 11.8.